The van der Waals surface area contributed by atoms with E-state index in [-0.39, 0.29) is 0 Å². The molecule has 0 aromatic heterocycles. The van der Waals surface area contributed by atoms with Gasteiger partial charge in [0.25, 0.3) is 0 Å². The van der Waals surface area contributed by atoms with Crippen LogP contribution < -0.4 is 19.1 Å². The summed E-state index contributed by atoms with van der Waals surface area (Å²) in [7, 11) is 8.75. The SMILES string of the molecule is COc1cc(OC)c(N(C)C)cc1OC. The molecule has 0 aliphatic carbocycles. The van der Waals surface area contributed by atoms with Gasteiger partial charge in [0.2, 0.25) is 0 Å². The number of anilines is 1. The van der Waals surface area contributed by atoms with Crippen molar-refractivity contribution in [3.63, 3.8) is 0 Å². The van der Waals surface area contributed by atoms with Gasteiger partial charge in [-0.15, -0.1) is 0 Å². The van der Waals surface area contributed by atoms with Crippen LogP contribution in [0.1, 0.15) is 0 Å². The van der Waals surface area contributed by atoms with Gasteiger partial charge in [0.1, 0.15) is 5.75 Å². The molecule has 0 radical (unpaired) electrons. The Morgan fingerprint density at radius 1 is 0.800 bits per heavy atom. The lowest BCUT2D eigenvalue weighted by Crippen LogP contribution is -2.10. The van der Waals surface area contributed by atoms with Crippen LogP contribution in [0.3, 0.4) is 0 Å². The van der Waals surface area contributed by atoms with Gasteiger partial charge in [0.15, 0.2) is 11.5 Å². The van der Waals surface area contributed by atoms with Crippen molar-refractivity contribution >= 4 is 5.69 Å². The van der Waals surface area contributed by atoms with Crippen LogP contribution >= 0.6 is 0 Å². The minimum Gasteiger partial charge on any atom is -0.494 e. The second-order valence-electron chi connectivity index (χ2n) is 3.27. The number of hydrogen-bond donors (Lipinski definition) is 0. The van der Waals surface area contributed by atoms with Crippen LogP contribution in [-0.4, -0.2) is 35.4 Å². The Morgan fingerprint density at radius 3 is 1.67 bits per heavy atom. The van der Waals surface area contributed by atoms with Crippen molar-refractivity contribution in [3.05, 3.63) is 12.1 Å². The monoisotopic (exact) mass is 211 g/mol. The molecular formula is C11H17NO3. The molecule has 0 N–H and O–H groups in total. The zero-order chi connectivity index (χ0) is 11.4. The summed E-state index contributed by atoms with van der Waals surface area (Å²) >= 11 is 0. The smallest absolute Gasteiger partial charge is 0.164 e. The maximum atomic E-state index is 5.27. The van der Waals surface area contributed by atoms with Crippen LogP contribution in [0.25, 0.3) is 0 Å². The molecule has 0 atom stereocenters. The van der Waals surface area contributed by atoms with Crippen molar-refractivity contribution in [1.29, 1.82) is 0 Å². The van der Waals surface area contributed by atoms with Gasteiger partial charge >= 0.3 is 0 Å². The Hall–Kier alpha value is -1.58. The van der Waals surface area contributed by atoms with Crippen molar-refractivity contribution in [3.8, 4) is 17.2 Å². The Morgan fingerprint density at radius 2 is 1.27 bits per heavy atom. The van der Waals surface area contributed by atoms with Gasteiger partial charge in [-0.25, -0.2) is 0 Å². The molecule has 0 amide bonds. The van der Waals surface area contributed by atoms with E-state index in [1.165, 1.54) is 0 Å². The van der Waals surface area contributed by atoms with Gasteiger partial charge in [-0.05, 0) is 0 Å². The van der Waals surface area contributed by atoms with Gasteiger partial charge in [0, 0.05) is 26.2 Å². The predicted molar refractivity (Wildman–Crippen MR) is 60.4 cm³/mol. The van der Waals surface area contributed by atoms with Crippen molar-refractivity contribution < 1.29 is 14.2 Å². The molecule has 84 valence electrons. The molecule has 0 heterocycles. The number of hydrogen-bond acceptors (Lipinski definition) is 4. The Bertz CT molecular complexity index is 337. The van der Waals surface area contributed by atoms with Crippen LogP contribution in [0, 0.1) is 0 Å². The molecule has 0 aliphatic rings. The summed E-state index contributed by atoms with van der Waals surface area (Å²) in [6.07, 6.45) is 0. The van der Waals surface area contributed by atoms with E-state index in [4.69, 9.17) is 14.2 Å². The lowest BCUT2D eigenvalue weighted by Gasteiger charge is -2.19. The molecule has 0 fully saturated rings. The fraction of sp³-hybridized carbons (Fsp3) is 0.455. The second kappa shape index (κ2) is 4.77. The number of benzene rings is 1. The highest BCUT2D eigenvalue weighted by atomic mass is 16.5. The van der Waals surface area contributed by atoms with E-state index >= 15 is 0 Å². The highest BCUT2D eigenvalue weighted by Gasteiger charge is 2.12. The molecule has 0 spiro atoms. The van der Waals surface area contributed by atoms with Crippen LogP contribution in [0.5, 0.6) is 17.2 Å². The third-order valence-electron chi connectivity index (χ3n) is 2.17. The van der Waals surface area contributed by atoms with E-state index in [0.717, 1.165) is 11.4 Å². The van der Waals surface area contributed by atoms with Gasteiger partial charge in [-0.1, -0.05) is 0 Å². The Balaban J connectivity index is 3.27. The van der Waals surface area contributed by atoms with Crippen LogP contribution in [0.4, 0.5) is 5.69 Å². The average Bonchev–Trinajstić information content (AvgIpc) is 2.26. The van der Waals surface area contributed by atoms with E-state index in [9.17, 15) is 0 Å². The lowest BCUT2D eigenvalue weighted by molar-refractivity contribution is 0.349. The summed E-state index contributed by atoms with van der Waals surface area (Å²) in [6.45, 7) is 0. The van der Waals surface area contributed by atoms with Gasteiger partial charge in [-0.3, -0.25) is 0 Å². The van der Waals surface area contributed by atoms with Crippen molar-refractivity contribution in [2.24, 2.45) is 0 Å². The van der Waals surface area contributed by atoms with E-state index in [1.807, 2.05) is 31.1 Å². The molecule has 0 bridgehead atoms. The summed E-state index contributed by atoms with van der Waals surface area (Å²) in [6, 6.07) is 3.70. The molecule has 1 aromatic carbocycles. The zero-order valence-corrected chi connectivity index (χ0v) is 9.83. The van der Waals surface area contributed by atoms with Crippen LogP contribution in [-0.2, 0) is 0 Å². The van der Waals surface area contributed by atoms with Crippen molar-refractivity contribution in [2.75, 3.05) is 40.3 Å². The first-order chi connectivity index (χ1) is 7.13. The molecule has 0 unspecified atom stereocenters. The molecule has 4 heteroatoms. The predicted octanol–water partition coefficient (Wildman–Crippen LogP) is 1.78. The first-order valence-corrected chi connectivity index (χ1v) is 4.61. The van der Waals surface area contributed by atoms with E-state index in [2.05, 4.69) is 0 Å². The maximum Gasteiger partial charge on any atom is 0.164 e. The highest BCUT2D eigenvalue weighted by molar-refractivity contribution is 5.65. The minimum absolute atomic E-state index is 0.667. The minimum atomic E-state index is 0.667. The van der Waals surface area contributed by atoms with E-state index in [0.29, 0.717) is 11.5 Å². The first kappa shape index (κ1) is 11.5. The first-order valence-electron chi connectivity index (χ1n) is 4.61. The lowest BCUT2D eigenvalue weighted by atomic mass is 10.2. The van der Waals surface area contributed by atoms with Crippen LogP contribution in [0.15, 0.2) is 12.1 Å². The van der Waals surface area contributed by atoms with Gasteiger partial charge in [0.05, 0.1) is 27.0 Å². The van der Waals surface area contributed by atoms with E-state index in [1.54, 1.807) is 21.3 Å². The molecule has 0 saturated heterocycles. The quantitative estimate of drug-likeness (QED) is 0.759. The third kappa shape index (κ3) is 2.26. The van der Waals surface area contributed by atoms with Crippen molar-refractivity contribution in [1.82, 2.24) is 0 Å². The summed E-state index contributed by atoms with van der Waals surface area (Å²) in [5.74, 6) is 2.12. The number of methoxy groups -OCH3 is 3. The summed E-state index contributed by atoms with van der Waals surface area (Å²) in [4.78, 5) is 1.96. The molecule has 1 aromatic rings. The molecule has 0 aliphatic heterocycles. The summed E-state index contributed by atoms with van der Waals surface area (Å²) in [5.41, 5.74) is 0.954. The fourth-order valence-corrected chi connectivity index (χ4v) is 1.36. The average molecular weight is 211 g/mol. The second-order valence-corrected chi connectivity index (χ2v) is 3.27. The topological polar surface area (TPSA) is 30.9 Å². The van der Waals surface area contributed by atoms with E-state index < -0.39 is 0 Å². The molecule has 4 nitrogen and oxygen atoms in total. The standard InChI is InChI=1S/C11H17NO3/c1-12(2)8-6-10(14-4)11(15-5)7-9(8)13-3/h6-7H,1-5H3. The summed E-state index contributed by atoms with van der Waals surface area (Å²) in [5, 5.41) is 0. The number of ether oxygens (including phenoxy) is 3. The maximum absolute atomic E-state index is 5.27. The largest absolute Gasteiger partial charge is 0.494 e. The molecule has 0 saturated carbocycles. The summed E-state index contributed by atoms with van der Waals surface area (Å²) < 4.78 is 15.7. The normalized spacial score (nSPS) is 9.67. The third-order valence-corrected chi connectivity index (χ3v) is 2.17. The number of nitrogens with zero attached hydrogens (tertiary/aromatic N) is 1. The fourth-order valence-electron chi connectivity index (χ4n) is 1.36. The number of rotatable bonds is 4. The van der Waals surface area contributed by atoms with Crippen molar-refractivity contribution in [2.45, 2.75) is 0 Å². The zero-order valence-electron chi connectivity index (χ0n) is 9.83. The Kier molecular flexibility index (Phi) is 3.66. The van der Waals surface area contributed by atoms with Gasteiger partial charge < -0.3 is 19.1 Å². The Labute approximate surface area is 90.4 Å². The van der Waals surface area contributed by atoms with Gasteiger partial charge in [-0.2, -0.15) is 0 Å². The molecular weight excluding hydrogens is 194 g/mol. The van der Waals surface area contributed by atoms with Crippen LogP contribution in [0.2, 0.25) is 0 Å². The highest BCUT2D eigenvalue weighted by Crippen LogP contribution is 2.38. The molecule has 15 heavy (non-hydrogen) atoms. The molecule has 1 rings (SSSR count).